The van der Waals surface area contributed by atoms with Gasteiger partial charge in [0.1, 0.15) is 0 Å². The number of ether oxygens (including phenoxy) is 2. The zero-order valence-electron chi connectivity index (χ0n) is 11.0. The first kappa shape index (κ1) is 13.5. The van der Waals surface area contributed by atoms with Crippen LogP contribution in [0.3, 0.4) is 0 Å². The lowest BCUT2D eigenvalue weighted by atomic mass is 9.96. The summed E-state index contributed by atoms with van der Waals surface area (Å²) in [6.45, 7) is 2.42. The van der Waals surface area contributed by atoms with Crippen molar-refractivity contribution < 1.29 is 19.1 Å². The normalized spacial score (nSPS) is 22.0. The van der Waals surface area contributed by atoms with Crippen molar-refractivity contribution in [1.29, 1.82) is 0 Å². The smallest absolute Gasteiger partial charge is 0.332 e. The van der Waals surface area contributed by atoms with Gasteiger partial charge in [-0.15, -0.1) is 0 Å². The molecule has 1 aromatic carbocycles. The van der Waals surface area contributed by atoms with Crippen LogP contribution in [-0.4, -0.2) is 42.6 Å². The fourth-order valence-corrected chi connectivity index (χ4v) is 2.18. The maximum Gasteiger partial charge on any atom is 0.332 e. The SMILES string of the molecule is CCOC(=O)C1C(OC)C(=O)N1Cc1ccccc1. The summed E-state index contributed by atoms with van der Waals surface area (Å²) in [6.07, 6.45) is -0.720. The van der Waals surface area contributed by atoms with Gasteiger partial charge in [-0.25, -0.2) is 4.79 Å². The highest BCUT2D eigenvalue weighted by atomic mass is 16.5. The summed E-state index contributed by atoms with van der Waals surface area (Å²) in [6, 6.07) is 8.88. The third-order valence-electron chi connectivity index (χ3n) is 3.13. The molecule has 2 rings (SSSR count). The Kier molecular flexibility index (Phi) is 4.16. The van der Waals surface area contributed by atoms with Gasteiger partial charge < -0.3 is 14.4 Å². The van der Waals surface area contributed by atoms with E-state index in [1.807, 2.05) is 30.3 Å². The Labute approximate surface area is 112 Å². The minimum Gasteiger partial charge on any atom is -0.464 e. The van der Waals surface area contributed by atoms with E-state index in [4.69, 9.17) is 9.47 Å². The number of likely N-dealkylation sites (tertiary alicyclic amines) is 1. The summed E-state index contributed by atoms with van der Waals surface area (Å²) in [5, 5.41) is 0. The summed E-state index contributed by atoms with van der Waals surface area (Å²) in [4.78, 5) is 25.2. The number of methoxy groups -OCH3 is 1. The number of nitrogens with zero attached hydrogens (tertiary/aromatic N) is 1. The van der Waals surface area contributed by atoms with Crippen LogP contribution in [-0.2, 0) is 25.6 Å². The Hall–Kier alpha value is -1.88. The molecular weight excluding hydrogens is 246 g/mol. The van der Waals surface area contributed by atoms with E-state index in [0.717, 1.165) is 5.56 Å². The molecule has 0 aliphatic carbocycles. The number of carbonyl (C=O) groups excluding carboxylic acids is 2. The van der Waals surface area contributed by atoms with Gasteiger partial charge in [-0.2, -0.15) is 0 Å². The second-order valence-electron chi connectivity index (χ2n) is 4.30. The van der Waals surface area contributed by atoms with Crippen LogP contribution in [0.1, 0.15) is 12.5 Å². The monoisotopic (exact) mass is 263 g/mol. The lowest BCUT2D eigenvalue weighted by Crippen LogP contribution is -2.68. The van der Waals surface area contributed by atoms with Crippen molar-refractivity contribution in [1.82, 2.24) is 4.90 Å². The summed E-state index contributed by atoms with van der Waals surface area (Å²) < 4.78 is 10.0. The molecule has 1 saturated heterocycles. The van der Waals surface area contributed by atoms with Crippen LogP contribution in [0.25, 0.3) is 0 Å². The maximum absolute atomic E-state index is 11.9. The third kappa shape index (κ3) is 2.61. The Morgan fingerprint density at radius 1 is 1.32 bits per heavy atom. The maximum atomic E-state index is 11.9. The van der Waals surface area contributed by atoms with Crippen LogP contribution in [0.15, 0.2) is 30.3 Å². The van der Waals surface area contributed by atoms with Crippen LogP contribution in [0.5, 0.6) is 0 Å². The molecule has 0 N–H and O–H groups in total. The summed E-state index contributed by atoms with van der Waals surface area (Å²) in [5.74, 6) is -0.589. The molecule has 0 aromatic heterocycles. The molecule has 1 aliphatic heterocycles. The van der Waals surface area contributed by atoms with Crippen molar-refractivity contribution in [2.75, 3.05) is 13.7 Å². The highest BCUT2D eigenvalue weighted by molar-refractivity contribution is 5.99. The predicted molar refractivity (Wildman–Crippen MR) is 68.2 cm³/mol. The molecule has 102 valence electrons. The second kappa shape index (κ2) is 5.84. The fraction of sp³-hybridized carbons (Fsp3) is 0.429. The lowest BCUT2D eigenvalue weighted by Gasteiger charge is -2.44. The van der Waals surface area contributed by atoms with Gasteiger partial charge in [0.25, 0.3) is 5.91 Å². The molecule has 2 unspecified atom stereocenters. The van der Waals surface area contributed by atoms with E-state index in [-0.39, 0.29) is 5.91 Å². The second-order valence-corrected chi connectivity index (χ2v) is 4.30. The largest absolute Gasteiger partial charge is 0.464 e. The zero-order valence-corrected chi connectivity index (χ0v) is 11.0. The van der Waals surface area contributed by atoms with Crippen molar-refractivity contribution in [3.05, 3.63) is 35.9 Å². The minimum absolute atomic E-state index is 0.176. The number of esters is 1. The molecule has 0 bridgehead atoms. The molecule has 0 radical (unpaired) electrons. The van der Waals surface area contributed by atoms with E-state index in [9.17, 15) is 9.59 Å². The van der Waals surface area contributed by atoms with Gasteiger partial charge in [-0.3, -0.25) is 4.79 Å². The summed E-state index contributed by atoms with van der Waals surface area (Å²) in [7, 11) is 1.43. The molecule has 1 heterocycles. The minimum atomic E-state index is -0.720. The standard InChI is InChI=1S/C14H17NO4/c1-3-19-14(17)11-12(18-2)13(16)15(11)9-10-7-5-4-6-8-10/h4-8,11-12H,3,9H2,1-2H3. The molecule has 1 fully saturated rings. The van der Waals surface area contributed by atoms with Crippen molar-refractivity contribution >= 4 is 11.9 Å². The number of amides is 1. The van der Waals surface area contributed by atoms with Crippen LogP contribution in [0, 0.1) is 0 Å². The molecule has 5 heteroatoms. The van der Waals surface area contributed by atoms with Crippen LogP contribution in [0.4, 0.5) is 0 Å². The number of hydrogen-bond acceptors (Lipinski definition) is 4. The van der Waals surface area contributed by atoms with Crippen LogP contribution in [0.2, 0.25) is 0 Å². The van der Waals surface area contributed by atoms with Crippen molar-refractivity contribution in [2.45, 2.75) is 25.6 Å². The first-order valence-corrected chi connectivity index (χ1v) is 6.23. The number of benzene rings is 1. The van der Waals surface area contributed by atoms with Gasteiger partial charge in [0.2, 0.25) is 0 Å². The lowest BCUT2D eigenvalue weighted by molar-refractivity contribution is -0.186. The number of carbonyl (C=O) groups is 2. The van der Waals surface area contributed by atoms with Gasteiger partial charge in [-0.1, -0.05) is 30.3 Å². The van der Waals surface area contributed by atoms with E-state index in [1.165, 1.54) is 12.0 Å². The average molecular weight is 263 g/mol. The molecule has 0 saturated carbocycles. The third-order valence-corrected chi connectivity index (χ3v) is 3.13. The highest BCUT2D eigenvalue weighted by Gasteiger charge is 2.52. The molecule has 0 spiro atoms. The van der Waals surface area contributed by atoms with E-state index in [0.29, 0.717) is 13.2 Å². The molecule has 1 aliphatic rings. The van der Waals surface area contributed by atoms with Crippen molar-refractivity contribution in [3.8, 4) is 0 Å². The molecule has 1 aromatic rings. The van der Waals surface area contributed by atoms with E-state index in [1.54, 1.807) is 6.92 Å². The summed E-state index contributed by atoms with van der Waals surface area (Å²) >= 11 is 0. The number of hydrogen-bond donors (Lipinski definition) is 0. The summed E-state index contributed by atoms with van der Waals surface area (Å²) in [5.41, 5.74) is 0.972. The molecule has 19 heavy (non-hydrogen) atoms. The van der Waals surface area contributed by atoms with Gasteiger partial charge >= 0.3 is 5.97 Å². The quantitative estimate of drug-likeness (QED) is 0.587. The Bertz CT molecular complexity index is 460. The number of rotatable bonds is 5. The fourth-order valence-electron chi connectivity index (χ4n) is 2.18. The van der Waals surface area contributed by atoms with Crippen LogP contribution < -0.4 is 0 Å². The zero-order chi connectivity index (χ0) is 13.8. The molecule has 1 amide bonds. The highest BCUT2D eigenvalue weighted by Crippen LogP contribution is 2.26. The van der Waals surface area contributed by atoms with Gasteiger partial charge in [0, 0.05) is 13.7 Å². The average Bonchev–Trinajstić information content (AvgIpc) is 2.43. The number of β-lactam (4-membered cyclic amide) rings is 1. The van der Waals surface area contributed by atoms with Gasteiger partial charge in [-0.05, 0) is 12.5 Å². The van der Waals surface area contributed by atoms with Gasteiger partial charge in [0.15, 0.2) is 12.1 Å². The van der Waals surface area contributed by atoms with Gasteiger partial charge in [0.05, 0.1) is 6.61 Å². The topological polar surface area (TPSA) is 55.8 Å². The van der Waals surface area contributed by atoms with E-state index < -0.39 is 18.1 Å². The Morgan fingerprint density at radius 2 is 2.00 bits per heavy atom. The van der Waals surface area contributed by atoms with Crippen molar-refractivity contribution in [2.24, 2.45) is 0 Å². The first-order chi connectivity index (χ1) is 9.19. The van der Waals surface area contributed by atoms with Crippen LogP contribution >= 0.6 is 0 Å². The van der Waals surface area contributed by atoms with E-state index in [2.05, 4.69) is 0 Å². The molecule has 2 atom stereocenters. The Morgan fingerprint density at radius 3 is 2.58 bits per heavy atom. The molecular formula is C14H17NO4. The first-order valence-electron chi connectivity index (χ1n) is 6.23. The predicted octanol–water partition coefficient (Wildman–Crippen LogP) is 0.975. The van der Waals surface area contributed by atoms with E-state index >= 15 is 0 Å². The Balaban J connectivity index is 2.10. The van der Waals surface area contributed by atoms with Crippen molar-refractivity contribution in [3.63, 3.8) is 0 Å². The molecule has 5 nitrogen and oxygen atoms in total.